The lowest BCUT2D eigenvalue weighted by Crippen LogP contribution is -2.18. The Morgan fingerprint density at radius 3 is 2.67 bits per heavy atom. The van der Waals surface area contributed by atoms with Crippen LogP contribution in [0.5, 0.6) is 0 Å². The number of anilines is 1. The number of hydrogen-bond donors (Lipinski definition) is 2. The maximum atomic E-state index is 13.2. The molecule has 0 saturated heterocycles. The zero-order valence-electron chi connectivity index (χ0n) is 9.65. The van der Waals surface area contributed by atoms with E-state index in [1.165, 1.54) is 4.57 Å². The van der Waals surface area contributed by atoms with Crippen LogP contribution in [0.25, 0.3) is 11.0 Å². The van der Waals surface area contributed by atoms with E-state index in [4.69, 9.17) is 11.5 Å². The molecule has 0 aliphatic rings. The van der Waals surface area contributed by atoms with Gasteiger partial charge in [-0.05, 0) is 6.92 Å². The highest BCUT2D eigenvalue weighted by molar-refractivity contribution is 5.79. The van der Waals surface area contributed by atoms with Crippen molar-refractivity contribution in [1.29, 1.82) is 0 Å². The third-order valence-electron chi connectivity index (χ3n) is 2.70. The Balaban J connectivity index is 2.59. The number of fused-ring (bicyclic) bond motifs is 1. The normalized spacial score (nSPS) is 12.8. The third-order valence-corrected chi connectivity index (χ3v) is 2.70. The number of primary amides is 1. The van der Waals surface area contributed by atoms with Crippen LogP contribution < -0.4 is 11.5 Å². The van der Waals surface area contributed by atoms with Gasteiger partial charge in [0.2, 0.25) is 11.9 Å². The summed E-state index contributed by atoms with van der Waals surface area (Å²) in [4.78, 5) is 14.8. The fraction of sp³-hybridized carbons (Fsp3) is 0.273. The number of imidazole rings is 1. The molecule has 2 rings (SSSR count). The molecule has 18 heavy (non-hydrogen) atoms. The minimum Gasteiger partial charge on any atom is -0.370 e. The average Bonchev–Trinajstić information content (AvgIpc) is 2.53. The van der Waals surface area contributed by atoms with Crippen molar-refractivity contribution in [2.45, 2.75) is 19.4 Å². The first kappa shape index (κ1) is 12.3. The van der Waals surface area contributed by atoms with Crippen molar-refractivity contribution in [2.75, 3.05) is 5.73 Å². The molecule has 1 amide bonds. The molecule has 4 N–H and O–H groups in total. The van der Waals surface area contributed by atoms with Crippen LogP contribution in [0, 0.1) is 11.6 Å². The van der Waals surface area contributed by atoms with Crippen LogP contribution in [0.4, 0.5) is 14.7 Å². The number of carbonyl (C=O) groups is 1. The molecule has 0 fully saturated rings. The summed E-state index contributed by atoms with van der Waals surface area (Å²) in [7, 11) is 0. The monoisotopic (exact) mass is 254 g/mol. The number of amides is 1. The van der Waals surface area contributed by atoms with E-state index in [0.29, 0.717) is 5.52 Å². The Labute approximate surface area is 101 Å². The minimum absolute atomic E-state index is 0.0364. The molecule has 0 spiro atoms. The molecule has 1 unspecified atom stereocenters. The van der Waals surface area contributed by atoms with Crippen LogP contribution >= 0.6 is 0 Å². The van der Waals surface area contributed by atoms with Crippen LogP contribution in [0.1, 0.15) is 19.4 Å². The Morgan fingerprint density at radius 1 is 1.44 bits per heavy atom. The molecular weight excluding hydrogens is 242 g/mol. The molecule has 5 nitrogen and oxygen atoms in total. The summed E-state index contributed by atoms with van der Waals surface area (Å²) in [5, 5.41) is 0. The molecule has 0 aliphatic carbocycles. The number of nitrogens with zero attached hydrogens (tertiary/aromatic N) is 2. The largest absolute Gasteiger partial charge is 0.370 e. The van der Waals surface area contributed by atoms with Crippen LogP contribution in [-0.4, -0.2) is 15.5 Å². The number of hydrogen-bond acceptors (Lipinski definition) is 3. The maximum absolute atomic E-state index is 13.2. The second kappa shape index (κ2) is 4.25. The fourth-order valence-corrected chi connectivity index (χ4v) is 1.95. The highest BCUT2D eigenvalue weighted by Crippen LogP contribution is 2.26. The van der Waals surface area contributed by atoms with Gasteiger partial charge < -0.3 is 16.0 Å². The summed E-state index contributed by atoms with van der Waals surface area (Å²) in [6, 6.07) is 1.59. The molecule has 1 aromatic carbocycles. The summed E-state index contributed by atoms with van der Waals surface area (Å²) in [5.74, 6) is -2.40. The number of nitrogen functional groups attached to an aromatic ring is 1. The van der Waals surface area contributed by atoms with Crippen molar-refractivity contribution in [3.8, 4) is 0 Å². The molecule has 96 valence electrons. The Kier molecular flexibility index (Phi) is 2.90. The quantitative estimate of drug-likeness (QED) is 0.866. The van der Waals surface area contributed by atoms with E-state index in [2.05, 4.69) is 4.98 Å². The minimum atomic E-state index is -0.991. The molecule has 0 aliphatic heterocycles. The van der Waals surface area contributed by atoms with Crippen LogP contribution in [-0.2, 0) is 4.79 Å². The van der Waals surface area contributed by atoms with Gasteiger partial charge in [0.05, 0.1) is 11.0 Å². The molecule has 1 heterocycles. The van der Waals surface area contributed by atoms with Crippen molar-refractivity contribution in [1.82, 2.24) is 9.55 Å². The van der Waals surface area contributed by atoms with Crippen molar-refractivity contribution >= 4 is 22.9 Å². The predicted molar refractivity (Wildman–Crippen MR) is 62.6 cm³/mol. The summed E-state index contributed by atoms with van der Waals surface area (Å²) < 4.78 is 27.7. The molecule has 0 saturated carbocycles. The average molecular weight is 254 g/mol. The number of benzene rings is 1. The second-order valence-corrected chi connectivity index (χ2v) is 4.11. The molecule has 2 aromatic rings. The van der Waals surface area contributed by atoms with Crippen molar-refractivity contribution in [3.05, 3.63) is 23.8 Å². The molecule has 1 atom stereocenters. The van der Waals surface area contributed by atoms with Crippen molar-refractivity contribution < 1.29 is 13.6 Å². The number of aromatic nitrogens is 2. The maximum Gasteiger partial charge on any atom is 0.219 e. The number of nitrogens with two attached hydrogens (primary N) is 2. The summed E-state index contributed by atoms with van der Waals surface area (Å²) in [5.41, 5.74) is 11.4. The van der Waals surface area contributed by atoms with Gasteiger partial charge in [-0.3, -0.25) is 4.79 Å². The van der Waals surface area contributed by atoms with Gasteiger partial charge in [0.1, 0.15) is 0 Å². The SMILES string of the molecule is CC(CC(N)=O)n1c(N)nc2cc(F)c(F)cc21. The molecule has 1 aromatic heterocycles. The van der Waals surface area contributed by atoms with Crippen LogP contribution in [0.2, 0.25) is 0 Å². The van der Waals surface area contributed by atoms with Gasteiger partial charge in [-0.15, -0.1) is 0 Å². The van der Waals surface area contributed by atoms with Gasteiger partial charge in [-0.2, -0.15) is 0 Å². The van der Waals surface area contributed by atoms with Crippen molar-refractivity contribution in [2.24, 2.45) is 5.73 Å². The van der Waals surface area contributed by atoms with Gasteiger partial charge in [0.25, 0.3) is 0 Å². The topological polar surface area (TPSA) is 86.9 Å². The summed E-state index contributed by atoms with van der Waals surface area (Å²) in [6.45, 7) is 1.70. The van der Waals surface area contributed by atoms with Gasteiger partial charge in [-0.25, -0.2) is 13.8 Å². The Morgan fingerprint density at radius 2 is 2.06 bits per heavy atom. The van der Waals surface area contributed by atoms with Crippen molar-refractivity contribution in [3.63, 3.8) is 0 Å². The number of rotatable bonds is 3. The summed E-state index contributed by atoms with van der Waals surface area (Å²) >= 11 is 0. The van der Waals surface area contributed by atoms with Crippen LogP contribution in [0.3, 0.4) is 0 Å². The van der Waals surface area contributed by atoms with E-state index in [1.807, 2.05) is 0 Å². The van der Waals surface area contributed by atoms with Gasteiger partial charge in [0.15, 0.2) is 11.6 Å². The second-order valence-electron chi connectivity index (χ2n) is 4.11. The Hall–Kier alpha value is -2.18. The first-order valence-corrected chi connectivity index (χ1v) is 5.31. The first-order chi connectivity index (χ1) is 8.40. The zero-order chi connectivity index (χ0) is 13.4. The highest BCUT2D eigenvalue weighted by atomic mass is 19.2. The molecule has 0 radical (unpaired) electrons. The molecule has 0 bridgehead atoms. The van der Waals surface area contributed by atoms with Gasteiger partial charge >= 0.3 is 0 Å². The van der Waals surface area contributed by atoms with E-state index in [0.717, 1.165) is 12.1 Å². The van der Waals surface area contributed by atoms with E-state index in [9.17, 15) is 13.6 Å². The smallest absolute Gasteiger partial charge is 0.219 e. The lowest BCUT2D eigenvalue weighted by Gasteiger charge is -2.14. The zero-order valence-corrected chi connectivity index (χ0v) is 9.65. The lowest BCUT2D eigenvalue weighted by molar-refractivity contribution is -0.118. The highest BCUT2D eigenvalue weighted by Gasteiger charge is 2.17. The number of halogens is 2. The third kappa shape index (κ3) is 1.99. The first-order valence-electron chi connectivity index (χ1n) is 5.31. The lowest BCUT2D eigenvalue weighted by atomic mass is 10.2. The van der Waals surface area contributed by atoms with Crippen LogP contribution in [0.15, 0.2) is 12.1 Å². The van der Waals surface area contributed by atoms with Gasteiger partial charge in [-0.1, -0.05) is 0 Å². The van der Waals surface area contributed by atoms with Gasteiger partial charge in [0, 0.05) is 24.6 Å². The summed E-state index contributed by atoms with van der Waals surface area (Å²) in [6.07, 6.45) is 0.0364. The molecule has 7 heteroatoms. The standard InChI is InChI=1S/C11H12F2N4O/c1-5(2-10(14)18)17-9-4-7(13)6(12)3-8(9)16-11(17)15/h3-5H,2H2,1H3,(H2,14,18)(H2,15,16). The predicted octanol–water partition coefficient (Wildman–Crippen LogP) is 1.33. The molecular formula is C11H12F2N4O. The fourth-order valence-electron chi connectivity index (χ4n) is 1.95. The van der Waals surface area contributed by atoms with E-state index < -0.39 is 17.5 Å². The van der Waals surface area contributed by atoms with E-state index in [1.54, 1.807) is 6.92 Å². The Bertz CT molecular complexity index is 623. The van der Waals surface area contributed by atoms with E-state index >= 15 is 0 Å². The van der Waals surface area contributed by atoms with E-state index in [-0.39, 0.29) is 23.9 Å². The number of carbonyl (C=O) groups excluding carboxylic acids is 1.